The Kier molecular flexibility index (Phi) is 35.0. The van der Waals surface area contributed by atoms with Gasteiger partial charge in [0.1, 0.15) is 13.2 Å². The molecule has 0 aromatic heterocycles. The third-order valence-electron chi connectivity index (χ3n) is 9.47. The average molecular weight is 695 g/mol. The van der Waals surface area contributed by atoms with Crippen LogP contribution in [0.25, 0.3) is 0 Å². The first-order valence-corrected chi connectivity index (χ1v) is 21.2. The van der Waals surface area contributed by atoms with E-state index in [-0.39, 0.29) is 31.1 Å². The third kappa shape index (κ3) is 37.5. The summed E-state index contributed by atoms with van der Waals surface area (Å²) < 4.78 is 16.6. The molecule has 0 fully saturated rings. The summed E-state index contributed by atoms with van der Waals surface area (Å²) in [6.45, 7) is 11.2. The first-order valence-electron chi connectivity index (χ1n) is 21.2. The van der Waals surface area contributed by atoms with Crippen LogP contribution in [0.2, 0.25) is 0 Å². The van der Waals surface area contributed by atoms with E-state index >= 15 is 0 Å². The Morgan fingerprint density at radius 2 is 0.673 bits per heavy atom. The van der Waals surface area contributed by atoms with Crippen molar-refractivity contribution in [1.82, 2.24) is 0 Å². The van der Waals surface area contributed by atoms with Crippen molar-refractivity contribution in [2.24, 2.45) is 11.8 Å². The van der Waals surface area contributed by atoms with Crippen LogP contribution < -0.4 is 0 Å². The monoisotopic (exact) mass is 695 g/mol. The van der Waals surface area contributed by atoms with Gasteiger partial charge in [0.25, 0.3) is 0 Å². The van der Waals surface area contributed by atoms with E-state index in [0.29, 0.717) is 19.3 Å². The van der Waals surface area contributed by atoms with Crippen molar-refractivity contribution in [2.75, 3.05) is 13.2 Å². The van der Waals surface area contributed by atoms with Crippen LogP contribution in [0.4, 0.5) is 0 Å². The quantitative estimate of drug-likeness (QED) is 0.0366. The summed E-state index contributed by atoms with van der Waals surface area (Å²) in [6.07, 6.45) is 32.5. The molecule has 0 heterocycles. The smallest absolute Gasteiger partial charge is 0.306 e. The average Bonchev–Trinajstić information content (AvgIpc) is 3.06. The normalized spacial score (nSPS) is 12.1. The summed E-state index contributed by atoms with van der Waals surface area (Å²) in [7, 11) is 0. The number of unbranched alkanes of at least 4 members (excludes halogenated alkanes) is 22. The van der Waals surface area contributed by atoms with Gasteiger partial charge in [-0.2, -0.15) is 0 Å². The molecule has 1 atom stereocenters. The van der Waals surface area contributed by atoms with Crippen LogP contribution in [0, 0.1) is 11.8 Å². The van der Waals surface area contributed by atoms with E-state index < -0.39 is 6.10 Å². The standard InChI is InChI=1S/C43H82O6/c1-6-7-8-9-16-25-30-35-43(46)49-40(37-48-42(45)34-29-24-20-15-14-18-22-27-32-39(4)5)36-47-41(44)33-28-23-19-13-11-10-12-17-21-26-31-38(2)3/h38-40H,6-37H2,1-5H3/t40-/m1/s1. The van der Waals surface area contributed by atoms with E-state index in [9.17, 15) is 14.4 Å². The second-order valence-corrected chi connectivity index (χ2v) is 15.6. The zero-order chi connectivity index (χ0) is 36.2. The van der Waals surface area contributed by atoms with Crippen molar-refractivity contribution in [1.29, 1.82) is 0 Å². The van der Waals surface area contributed by atoms with Crippen molar-refractivity contribution in [3.63, 3.8) is 0 Å². The number of hydrogen-bond donors (Lipinski definition) is 0. The molecule has 0 saturated carbocycles. The fourth-order valence-electron chi connectivity index (χ4n) is 6.22. The van der Waals surface area contributed by atoms with Crippen LogP contribution in [0.1, 0.15) is 227 Å². The zero-order valence-corrected chi connectivity index (χ0v) is 33.3. The lowest BCUT2D eigenvalue weighted by Gasteiger charge is -2.18. The lowest BCUT2D eigenvalue weighted by molar-refractivity contribution is -0.167. The van der Waals surface area contributed by atoms with Crippen molar-refractivity contribution in [3.05, 3.63) is 0 Å². The van der Waals surface area contributed by atoms with Gasteiger partial charge < -0.3 is 14.2 Å². The molecule has 0 amide bonds. The van der Waals surface area contributed by atoms with Crippen molar-refractivity contribution in [2.45, 2.75) is 233 Å². The molecule has 49 heavy (non-hydrogen) atoms. The van der Waals surface area contributed by atoms with Crippen LogP contribution in [0.15, 0.2) is 0 Å². The van der Waals surface area contributed by atoms with Gasteiger partial charge in [-0.05, 0) is 31.1 Å². The van der Waals surface area contributed by atoms with Crippen LogP contribution in [-0.4, -0.2) is 37.2 Å². The first-order chi connectivity index (χ1) is 23.7. The van der Waals surface area contributed by atoms with Gasteiger partial charge in [0.05, 0.1) is 0 Å². The van der Waals surface area contributed by atoms with Crippen LogP contribution in [0.5, 0.6) is 0 Å². The summed E-state index contributed by atoms with van der Waals surface area (Å²) in [6, 6.07) is 0. The van der Waals surface area contributed by atoms with E-state index in [1.165, 1.54) is 116 Å². The van der Waals surface area contributed by atoms with Gasteiger partial charge in [0.15, 0.2) is 6.10 Å². The van der Waals surface area contributed by atoms with Gasteiger partial charge in [-0.1, -0.05) is 189 Å². The lowest BCUT2D eigenvalue weighted by Crippen LogP contribution is -2.30. The van der Waals surface area contributed by atoms with Crippen LogP contribution in [0.3, 0.4) is 0 Å². The van der Waals surface area contributed by atoms with Crippen LogP contribution >= 0.6 is 0 Å². The topological polar surface area (TPSA) is 78.9 Å². The summed E-state index contributed by atoms with van der Waals surface area (Å²) in [4.78, 5) is 37.5. The van der Waals surface area contributed by atoms with Crippen molar-refractivity contribution < 1.29 is 28.6 Å². The molecule has 0 aromatic carbocycles. The number of ether oxygens (including phenoxy) is 3. The van der Waals surface area contributed by atoms with Crippen molar-refractivity contribution in [3.8, 4) is 0 Å². The maximum absolute atomic E-state index is 12.6. The molecule has 6 nitrogen and oxygen atoms in total. The minimum atomic E-state index is -0.758. The van der Waals surface area contributed by atoms with E-state index in [0.717, 1.165) is 69.6 Å². The zero-order valence-electron chi connectivity index (χ0n) is 33.3. The second kappa shape index (κ2) is 36.2. The summed E-state index contributed by atoms with van der Waals surface area (Å²) in [5.74, 6) is 0.745. The number of esters is 3. The molecule has 290 valence electrons. The van der Waals surface area contributed by atoms with Gasteiger partial charge in [-0.3, -0.25) is 14.4 Å². The number of rotatable bonds is 37. The molecule has 0 bridgehead atoms. The van der Waals surface area contributed by atoms with Gasteiger partial charge in [0.2, 0.25) is 0 Å². The Balaban J connectivity index is 4.27. The number of hydrogen-bond acceptors (Lipinski definition) is 6. The Labute approximate surface area is 304 Å². The fraction of sp³-hybridized carbons (Fsp3) is 0.930. The molecule has 0 aliphatic carbocycles. The molecule has 0 rings (SSSR count). The van der Waals surface area contributed by atoms with E-state index in [1.54, 1.807) is 0 Å². The maximum atomic E-state index is 12.6. The highest BCUT2D eigenvalue weighted by Crippen LogP contribution is 2.16. The fourth-order valence-corrected chi connectivity index (χ4v) is 6.22. The van der Waals surface area contributed by atoms with E-state index in [1.807, 2.05) is 0 Å². The predicted molar refractivity (Wildman–Crippen MR) is 206 cm³/mol. The lowest BCUT2D eigenvalue weighted by atomic mass is 10.0. The SMILES string of the molecule is CCCCCCCCCC(=O)O[C@H](COC(=O)CCCCCCCCCCCCC(C)C)COC(=O)CCCCCCCCCCC(C)C. The molecule has 6 heteroatoms. The Hall–Kier alpha value is -1.59. The minimum absolute atomic E-state index is 0.0663. The minimum Gasteiger partial charge on any atom is -0.462 e. The third-order valence-corrected chi connectivity index (χ3v) is 9.47. The first kappa shape index (κ1) is 47.4. The maximum Gasteiger partial charge on any atom is 0.306 e. The molecule has 0 radical (unpaired) electrons. The predicted octanol–water partition coefficient (Wildman–Crippen LogP) is 13.0. The number of carbonyl (C=O) groups is 3. The highest BCUT2D eigenvalue weighted by atomic mass is 16.6. The Morgan fingerprint density at radius 3 is 1.00 bits per heavy atom. The molecule has 0 unspecified atom stereocenters. The molecule has 0 N–H and O–H groups in total. The van der Waals surface area contributed by atoms with Gasteiger partial charge >= 0.3 is 17.9 Å². The largest absolute Gasteiger partial charge is 0.462 e. The molecular formula is C43H82O6. The van der Waals surface area contributed by atoms with Gasteiger partial charge in [0, 0.05) is 19.3 Å². The van der Waals surface area contributed by atoms with E-state index in [4.69, 9.17) is 14.2 Å². The van der Waals surface area contributed by atoms with Gasteiger partial charge in [-0.25, -0.2) is 0 Å². The molecule has 0 aliphatic heterocycles. The molecule has 0 spiro atoms. The highest BCUT2D eigenvalue weighted by molar-refractivity contribution is 5.71. The second-order valence-electron chi connectivity index (χ2n) is 15.6. The molecule has 0 aliphatic rings. The van der Waals surface area contributed by atoms with E-state index in [2.05, 4.69) is 34.6 Å². The van der Waals surface area contributed by atoms with Crippen molar-refractivity contribution >= 4 is 17.9 Å². The Morgan fingerprint density at radius 1 is 0.388 bits per heavy atom. The highest BCUT2D eigenvalue weighted by Gasteiger charge is 2.19. The molecule has 0 saturated heterocycles. The van der Waals surface area contributed by atoms with Gasteiger partial charge in [-0.15, -0.1) is 0 Å². The number of carbonyl (C=O) groups excluding carboxylic acids is 3. The molecular weight excluding hydrogens is 612 g/mol. The summed E-state index contributed by atoms with van der Waals surface area (Å²) >= 11 is 0. The summed E-state index contributed by atoms with van der Waals surface area (Å²) in [5.41, 5.74) is 0. The summed E-state index contributed by atoms with van der Waals surface area (Å²) in [5, 5.41) is 0. The van der Waals surface area contributed by atoms with Crippen LogP contribution in [-0.2, 0) is 28.6 Å². The molecule has 0 aromatic rings. The Bertz CT molecular complexity index is 749.